The first-order valence-electron chi connectivity index (χ1n) is 10.3. The zero-order chi connectivity index (χ0) is 18.0. The maximum atomic E-state index is 11.4. The molecule has 2 fully saturated rings. The zero-order valence-corrected chi connectivity index (χ0v) is 15.9. The molecular weight excluding hydrogens is 318 g/mol. The fourth-order valence-electron chi connectivity index (χ4n) is 4.97. The van der Waals surface area contributed by atoms with Crippen LogP contribution in [0.2, 0.25) is 0 Å². The quantitative estimate of drug-likeness (QED) is 0.789. The molecule has 1 N–H and O–H groups in total. The van der Waals surface area contributed by atoms with Gasteiger partial charge in [0.2, 0.25) is 0 Å². The molecule has 0 aromatic heterocycles. The lowest BCUT2D eigenvalue weighted by atomic mass is 9.80. The van der Waals surface area contributed by atoms with Crippen molar-refractivity contribution in [3.05, 3.63) is 71.3 Å². The molecule has 4 rings (SSSR count). The van der Waals surface area contributed by atoms with Gasteiger partial charge in [0.25, 0.3) is 0 Å². The van der Waals surface area contributed by atoms with Gasteiger partial charge in [0.05, 0.1) is 5.60 Å². The van der Waals surface area contributed by atoms with Crippen LogP contribution >= 0.6 is 0 Å². The number of aliphatic hydroxyl groups is 1. The van der Waals surface area contributed by atoms with Crippen molar-refractivity contribution in [3.63, 3.8) is 0 Å². The van der Waals surface area contributed by atoms with Gasteiger partial charge in [-0.15, -0.1) is 0 Å². The van der Waals surface area contributed by atoms with Gasteiger partial charge in [-0.2, -0.15) is 0 Å². The lowest BCUT2D eigenvalue weighted by molar-refractivity contribution is -0.0595. The Labute approximate surface area is 157 Å². The Bertz CT molecular complexity index is 695. The van der Waals surface area contributed by atoms with Gasteiger partial charge >= 0.3 is 0 Å². The minimum absolute atomic E-state index is 0.499. The Morgan fingerprint density at radius 3 is 2.19 bits per heavy atom. The lowest BCUT2D eigenvalue weighted by Crippen LogP contribution is -2.49. The van der Waals surface area contributed by atoms with Crippen LogP contribution in [0.1, 0.15) is 62.1 Å². The summed E-state index contributed by atoms with van der Waals surface area (Å²) in [6.45, 7) is 3.25. The van der Waals surface area contributed by atoms with Crippen molar-refractivity contribution in [2.75, 3.05) is 0 Å². The third kappa shape index (κ3) is 3.58. The van der Waals surface area contributed by atoms with Crippen LogP contribution in [0, 0.1) is 0 Å². The molecule has 2 atom stereocenters. The molecule has 2 nitrogen and oxygen atoms in total. The Kier molecular flexibility index (Phi) is 5.15. The van der Waals surface area contributed by atoms with Gasteiger partial charge in [0, 0.05) is 18.6 Å². The molecule has 2 aromatic carbocycles. The van der Waals surface area contributed by atoms with Crippen LogP contribution in [0.15, 0.2) is 54.6 Å². The number of rotatable bonds is 6. The second kappa shape index (κ2) is 7.54. The summed E-state index contributed by atoms with van der Waals surface area (Å²) >= 11 is 0. The molecule has 0 amide bonds. The highest BCUT2D eigenvalue weighted by Gasteiger charge is 2.48. The van der Waals surface area contributed by atoms with Crippen molar-refractivity contribution in [2.45, 2.75) is 76.1 Å². The van der Waals surface area contributed by atoms with Crippen molar-refractivity contribution in [2.24, 2.45) is 0 Å². The molecule has 0 saturated carbocycles. The molecule has 0 spiro atoms. The highest BCUT2D eigenvalue weighted by molar-refractivity contribution is 5.29. The summed E-state index contributed by atoms with van der Waals surface area (Å²) < 4.78 is 0. The van der Waals surface area contributed by atoms with E-state index >= 15 is 0 Å². The first-order chi connectivity index (χ1) is 12.7. The maximum absolute atomic E-state index is 11.4. The molecule has 2 heteroatoms. The van der Waals surface area contributed by atoms with Crippen LogP contribution in [-0.2, 0) is 18.6 Å². The number of hydrogen-bond donors (Lipinski definition) is 1. The highest BCUT2D eigenvalue weighted by atomic mass is 16.3. The van der Waals surface area contributed by atoms with E-state index in [0.717, 1.165) is 31.4 Å². The number of nitrogens with zero attached hydrogens (tertiary/aromatic N) is 1. The van der Waals surface area contributed by atoms with Gasteiger partial charge in [-0.3, -0.25) is 4.90 Å². The Morgan fingerprint density at radius 1 is 0.923 bits per heavy atom. The molecular formula is C24H31NO. The number of fused-ring (bicyclic) bond motifs is 2. The summed E-state index contributed by atoms with van der Waals surface area (Å²) in [4.78, 5) is 2.64. The van der Waals surface area contributed by atoms with E-state index in [4.69, 9.17) is 0 Å². The Balaban J connectivity index is 1.47. The average molecular weight is 350 g/mol. The molecule has 0 radical (unpaired) electrons. The van der Waals surface area contributed by atoms with Gasteiger partial charge in [0.15, 0.2) is 0 Å². The summed E-state index contributed by atoms with van der Waals surface area (Å²) in [6.07, 6.45) is 7.78. The minimum Gasteiger partial charge on any atom is -0.385 e. The van der Waals surface area contributed by atoms with E-state index in [9.17, 15) is 5.11 Å². The number of hydrogen-bond acceptors (Lipinski definition) is 2. The van der Waals surface area contributed by atoms with Crippen LogP contribution in [0.5, 0.6) is 0 Å². The third-order valence-corrected chi connectivity index (χ3v) is 6.44. The molecule has 2 unspecified atom stereocenters. The molecule has 138 valence electrons. The van der Waals surface area contributed by atoms with Crippen molar-refractivity contribution < 1.29 is 5.11 Å². The van der Waals surface area contributed by atoms with Crippen LogP contribution < -0.4 is 0 Å². The number of aryl methyl sites for hydroxylation is 1. The summed E-state index contributed by atoms with van der Waals surface area (Å²) in [5, 5.41) is 11.4. The van der Waals surface area contributed by atoms with Crippen molar-refractivity contribution in [1.29, 1.82) is 0 Å². The zero-order valence-electron chi connectivity index (χ0n) is 15.9. The fourth-order valence-corrected chi connectivity index (χ4v) is 4.97. The first-order valence-corrected chi connectivity index (χ1v) is 10.3. The standard InChI is InChI=1S/C24H31NO/c1-2-3-7-19-10-12-21(13-11-19)24(26)16-22-14-15-23(17-24)25(22)18-20-8-5-4-6-9-20/h4-6,8-13,22-23,26H,2-3,7,14-18H2,1H3. The van der Waals surface area contributed by atoms with Gasteiger partial charge < -0.3 is 5.11 Å². The molecule has 2 aromatic rings. The van der Waals surface area contributed by atoms with Crippen LogP contribution in [0.3, 0.4) is 0 Å². The predicted molar refractivity (Wildman–Crippen MR) is 107 cm³/mol. The third-order valence-electron chi connectivity index (χ3n) is 6.44. The molecule has 2 aliphatic rings. The van der Waals surface area contributed by atoms with E-state index in [1.54, 1.807) is 0 Å². The lowest BCUT2D eigenvalue weighted by Gasteiger charge is -2.44. The first kappa shape index (κ1) is 17.8. The normalized spacial score (nSPS) is 28.4. The van der Waals surface area contributed by atoms with Crippen molar-refractivity contribution >= 4 is 0 Å². The summed E-state index contributed by atoms with van der Waals surface area (Å²) in [7, 11) is 0. The SMILES string of the molecule is CCCCc1ccc(C2(O)CC3CCC(C2)N3Cc2ccccc2)cc1. The van der Waals surface area contributed by atoms with Gasteiger partial charge in [-0.1, -0.05) is 67.9 Å². The number of piperidine rings is 1. The highest BCUT2D eigenvalue weighted by Crippen LogP contribution is 2.46. The summed E-state index contributed by atoms with van der Waals surface area (Å²) in [5.41, 5.74) is 3.25. The Hall–Kier alpha value is -1.64. The van der Waals surface area contributed by atoms with Crippen molar-refractivity contribution in [1.82, 2.24) is 4.90 Å². The van der Waals surface area contributed by atoms with Crippen molar-refractivity contribution in [3.8, 4) is 0 Å². The number of unbranched alkanes of at least 4 members (excludes halogenated alkanes) is 1. The molecule has 2 heterocycles. The van der Waals surface area contributed by atoms with Gasteiger partial charge in [-0.25, -0.2) is 0 Å². The second-order valence-electron chi connectivity index (χ2n) is 8.28. The fraction of sp³-hybridized carbons (Fsp3) is 0.500. The van der Waals surface area contributed by atoms with E-state index in [1.165, 1.54) is 36.8 Å². The van der Waals surface area contributed by atoms with E-state index in [0.29, 0.717) is 12.1 Å². The Morgan fingerprint density at radius 2 is 1.58 bits per heavy atom. The predicted octanol–water partition coefficient (Wildman–Crippen LogP) is 5.04. The molecule has 0 aliphatic carbocycles. The van der Waals surface area contributed by atoms with Crippen LogP contribution in [-0.4, -0.2) is 22.1 Å². The molecule has 2 saturated heterocycles. The summed E-state index contributed by atoms with van der Waals surface area (Å²) in [6, 6.07) is 20.6. The van der Waals surface area contributed by atoms with Crippen LogP contribution in [0.25, 0.3) is 0 Å². The molecule has 26 heavy (non-hydrogen) atoms. The van der Waals surface area contributed by atoms with Gasteiger partial charge in [-0.05, 0) is 55.2 Å². The van der Waals surface area contributed by atoms with E-state index in [1.807, 2.05) is 0 Å². The number of benzene rings is 2. The monoisotopic (exact) mass is 349 g/mol. The second-order valence-corrected chi connectivity index (χ2v) is 8.28. The van der Waals surface area contributed by atoms with Crippen LogP contribution in [0.4, 0.5) is 0 Å². The smallest absolute Gasteiger partial charge is 0.0926 e. The topological polar surface area (TPSA) is 23.5 Å². The largest absolute Gasteiger partial charge is 0.385 e. The van der Waals surface area contributed by atoms with E-state index in [2.05, 4.69) is 66.4 Å². The van der Waals surface area contributed by atoms with E-state index < -0.39 is 5.60 Å². The molecule has 2 bridgehead atoms. The molecule has 2 aliphatic heterocycles. The maximum Gasteiger partial charge on any atom is 0.0926 e. The summed E-state index contributed by atoms with van der Waals surface area (Å²) in [5.74, 6) is 0. The van der Waals surface area contributed by atoms with Gasteiger partial charge in [0.1, 0.15) is 0 Å². The van der Waals surface area contributed by atoms with E-state index in [-0.39, 0.29) is 0 Å². The minimum atomic E-state index is -0.650. The average Bonchev–Trinajstić information content (AvgIpc) is 2.91.